The van der Waals surface area contributed by atoms with Gasteiger partial charge in [0.1, 0.15) is 0 Å². The van der Waals surface area contributed by atoms with Gasteiger partial charge >= 0.3 is 0 Å². The Balaban J connectivity index is 2.43. The molecule has 0 aromatic rings. The second-order valence-electron chi connectivity index (χ2n) is 11.8. The molecule has 0 unspecified atom stereocenters. The van der Waals surface area contributed by atoms with Crippen molar-refractivity contribution in [1.82, 2.24) is 20.8 Å². The van der Waals surface area contributed by atoms with Crippen molar-refractivity contribution in [3.05, 3.63) is 0 Å². The zero-order valence-corrected chi connectivity index (χ0v) is 20.5. The maximum atomic E-state index is 12.2. The van der Waals surface area contributed by atoms with E-state index in [2.05, 4.69) is 38.3 Å². The monoisotopic (exact) mass is 426 g/mol. The van der Waals surface area contributed by atoms with Crippen molar-refractivity contribution < 1.29 is 19.6 Å². The van der Waals surface area contributed by atoms with Crippen LogP contribution >= 0.6 is 0 Å². The van der Waals surface area contributed by atoms with Crippen LogP contribution in [0.2, 0.25) is 0 Å². The van der Waals surface area contributed by atoms with Crippen LogP contribution in [-0.4, -0.2) is 61.1 Å². The minimum absolute atomic E-state index is 0.0329. The van der Waals surface area contributed by atoms with Crippen LogP contribution in [0.1, 0.15) is 94.9 Å². The average Bonchev–Trinajstić information content (AvgIpc) is 2.46. The SMILES string of the molecule is CC(=O)NC1CC(C)(C)N(OC2(NC(C)=O)CC(C)(C)N(O)C(C)(C)C2)C(C)(C)C1. The van der Waals surface area contributed by atoms with E-state index in [9.17, 15) is 14.8 Å². The summed E-state index contributed by atoms with van der Waals surface area (Å²) in [6.07, 6.45) is 2.31. The molecule has 0 aromatic heterocycles. The summed E-state index contributed by atoms with van der Waals surface area (Å²) in [6.45, 7) is 19.2. The Morgan fingerprint density at radius 3 is 1.63 bits per heavy atom. The molecule has 0 saturated carbocycles. The van der Waals surface area contributed by atoms with Gasteiger partial charge in [0.15, 0.2) is 5.72 Å². The lowest BCUT2D eigenvalue weighted by Crippen LogP contribution is -2.73. The second kappa shape index (κ2) is 7.73. The molecular formula is C22H42N4O4. The maximum absolute atomic E-state index is 12.2. The van der Waals surface area contributed by atoms with Gasteiger partial charge in [-0.1, -0.05) is 0 Å². The molecule has 0 atom stereocenters. The summed E-state index contributed by atoms with van der Waals surface area (Å²) in [5.41, 5.74) is -2.94. The van der Waals surface area contributed by atoms with Crippen LogP contribution in [0.4, 0.5) is 0 Å². The van der Waals surface area contributed by atoms with Gasteiger partial charge in [0.05, 0.1) is 0 Å². The van der Waals surface area contributed by atoms with E-state index in [-0.39, 0.29) is 28.9 Å². The molecule has 0 radical (unpaired) electrons. The number of hydrogen-bond donors (Lipinski definition) is 3. The molecule has 3 N–H and O–H groups in total. The first-order valence-corrected chi connectivity index (χ1v) is 10.9. The number of hydroxylamine groups is 4. The first kappa shape index (κ1) is 25.0. The van der Waals surface area contributed by atoms with Gasteiger partial charge in [-0.05, 0) is 68.2 Å². The van der Waals surface area contributed by atoms with Crippen LogP contribution in [0.25, 0.3) is 0 Å². The van der Waals surface area contributed by atoms with Gasteiger partial charge in [0, 0.05) is 54.9 Å². The van der Waals surface area contributed by atoms with E-state index in [1.165, 1.54) is 12.0 Å². The molecule has 2 amide bonds. The zero-order valence-electron chi connectivity index (χ0n) is 20.5. The van der Waals surface area contributed by atoms with Gasteiger partial charge in [-0.3, -0.25) is 14.4 Å². The molecule has 2 fully saturated rings. The molecule has 8 heteroatoms. The first-order valence-electron chi connectivity index (χ1n) is 10.9. The fourth-order valence-electron chi connectivity index (χ4n) is 6.00. The van der Waals surface area contributed by atoms with Gasteiger partial charge in [-0.2, -0.15) is 10.1 Å². The van der Waals surface area contributed by atoms with Crippen LogP contribution in [-0.2, 0) is 14.4 Å². The molecule has 2 aliphatic heterocycles. The lowest BCUT2D eigenvalue weighted by atomic mass is 9.76. The highest BCUT2D eigenvalue weighted by Crippen LogP contribution is 2.47. The second-order valence-corrected chi connectivity index (χ2v) is 11.8. The van der Waals surface area contributed by atoms with Crippen molar-refractivity contribution in [1.29, 1.82) is 0 Å². The fraction of sp³-hybridized carbons (Fsp3) is 0.909. The lowest BCUT2D eigenvalue weighted by Gasteiger charge is -2.61. The van der Waals surface area contributed by atoms with E-state index in [0.717, 1.165) is 12.8 Å². The Kier molecular flexibility index (Phi) is 6.45. The highest BCUT2D eigenvalue weighted by Gasteiger charge is 2.57. The Morgan fingerprint density at radius 1 is 0.833 bits per heavy atom. The summed E-state index contributed by atoms with van der Waals surface area (Å²) in [7, 11) is 0. The van der Waals surface area contributed by atoms with Gasteiger partial charge in [0.2, 0.25) is 11.8 Å². The molecule has 2 aliphatic rings. The van der Waals surface area contributed by atoms with E-state index in [0.29, 0.717) is 12.8 Å². The number of carbonyl (C=O) groups excluding carboxylic acids is 2. The Labute approximate surface area is 181 Å². The third-order valence-corrected chi connectivity index (χ3v) is 6.25. The minimum Gasteiger partial charge on any atom is -0.353 e. The maximum Gasteiger partial charge on any atom is 0.219 e. The summed E-state index contributed by atoms with van der Waals surface area (Å²) in [5.74, 6) is -0.203. The lowest BCUT2D eigenvalue weighted by molar-refractivity contribution is -0.378. The van der Waals surface area contributed by atoms with Gasteiger partial charge in [-0.25, -0.2) is 0 Å². The van der Waals surface area contributed by atoms with Crippen molar-refractivity contribution in [3.63, 3.8) is 0 Å². The van der Waals surface area contributed by atoms with E-state index < -0.39 is 16.8 Å². The third-order valence-electron chi connectivity index (χ3n) is 6.25. The molecular weight excluding hydrogens is 384 g/mol. The van der Waals surface area contributed by atoms with Gasteiger partial charge in [0.25, 0.3) is 0 Å². The van der Waals surface area contributed by atoms with Crippen LogP contribution < -0.4 is 10.6 Å². The number of nitrogens with one attached hydrogen (secondary N) is 2. The normalized spacial score (nSPS) is 28.0. The van der Waals surface area contributed by atoms with Gasteiger partial charge in [-0.15, -0.1) is 0 Å². The summed E-state index contributed by atoms with van der Waals surface area (Å²) in [6, 6.07) is 0.0521. The zero-order chi connectivity index (χ0) is 23.3. The topological polar surface area (TPSA) is 94.1 Å². The van der Waals surface area contributed by atoms with Crippen LogP contribution in [0.3, 0.4) is 0 Å². The molecule has 2 heterocycles. The molecule has 8 nitrogen and oxygen atoms in total. The van der Waals surface area contributed by atoms with E-state index in [1.807, 2.05) is 32.8 Å². The van der Waals surface area contributed by atoms with Gasteiger partial charge < -0.3 is 15.8 Å². The van der Waals surface area contributed by atoms with E-state index in [4.69, 9.17) is 4.84 Å². The Morgan fingerprint density at radius 2 is 1.27 bits per heavy atom. The van der Waals surface area contributed by atoms with E-state index in [1.54, 1.807) is 6.92 Å². The quantitative estimate of drug-likeness (QED) is 0.599. The number of rotatable bonds is 4. The summed E-state index contributed by atoms with van der Waals surface area (Å²) in [4.78, 5) is 30.7. The minimum atomic E-state index is -0.965. The number of nitrogens with zero attached hydrogens (tertiary/aromatic N) is 2. The Hall–Kier alpha value is -1.22. The van der Waals surface area contributed by atoms with Crippen molar-refractivity contribution >= 4 is 11.8 Å². The molecule has 0 spiro atoms. The number of piperidine rings is 2. The number of hydrogen-bond acceptors (Lipinski definition) is 6. The predicted molar refractivity (Wildman–Crippen MR) is 115 cm³/mol. The van der Waals surface area contributed by atoms with E-state index >= 15 is 0 Å². The van der Waals surface area contributed by atoms with Crippen LogP contribution in [0.15, 0.2) is 0 Å². The molecule has 0 bridgehead atoms. The van der Waals surface area contributed by atoms with Crippen molar-refractivity contribution in [2.24, 2.45) is 0 Å². The summed E-state index contributed by atoms with van der Waals surface area (Å²) < 4.78 is 0. The molecule has 0 aliphatic carbocycles. The molecule has 174 valence electrons. The highest BCUT2D eigenvalue weighted by atomic mass is 16.7. The Bertz CT molecular complexity index is 651. The molecule has 0 aromatic carbocycles. The standard InChI is InChI=1S/C22H42N4O4/c1-15(27)23-17-11-18(3,4)26(19(5,6)12-17)30-22(24-16(2)28)13-20(7,8)25(29)21(9,10)14-22/h17,29H,11-14H2,1-10H3,(H,23,27)(H,24,28). The molecule has 2 saturated heterocycles. The predicted octanol–water partition coefficient (Wildman–Crippen LogP) is 2.95. The molecule has 30 heavy (non-hydrogen) atoms. The summed E-state index contributed by atoms with van der Waals surface area (Å²) >= 11 is 0. The average molecular weight is 427 g/mol. The largest absolute Gasteiger partial charge is 0.353 e. The third kappa shape index (κ3) is 5.15. The highest BCUT2D eigenvalue weighted by molar-refractivity contribution is 5.73. The number of amides is 2. The van der Waals surface area contributed by atoms with Crippen LogP contribution in [0.5, 0.6) is 0 Å². The number of carbonyl (C=O) groups is 2. The van der Waals surface area contributed by atoms with Crippen molar-refractivity contribution in [2.45, 2.75) is 129 Å². The van der Waals surface area contributed by atoms with Crippen molar-refractivity contribution in [3.8, 4) is 0 Å². The van der Waals surface area contributed by atoms with Crippen molar-refractivity contribution in [2.75, 3.05) is 0 Å². The smallest absolute Gasteiger partial charge is 0.219 e. The molecule has 2 rings (SSSR count). The van der Waals surface area contributed by atoms with Crippen LogP contribution in [0, 0.1) is 0 Å². The fourth-order valence-corrected chi connectivity index (χ4v) is 6.00. The first-order chi connectivity index (χ1) is 13.3. The summed E-state index contributed by atoms with van der Waals surface area (Å²) in [5, 5.41) is 20.3.